The Kier molecular flexibility index (Phi) is 3.68. The minimum absolute atomic E-state index is 0. The van der Waals surface area contributed by atoms with Crippen LogP contribution in [0.5, 0.6) is 0 Å². The minimum atomic E-state index is -0.544. The van der Waals surface area contributed by atoms with Crippen molar-refractivity contribution in [2.45, 2.75) is 38.8 Å². The Morgan fingerprint density at radius 3 is 2.09 bits per heavy atom. The third kappa shape index (κ3) is 2.54. The van der Waals surface area contributed by atoms with E-state index in [2.05, 4.69) is 5.92 Å². The molecule has 1 heterocycles. The molecular formula is C8H11LiO2. The molecule has 0 radical (unpaired) electrons. The molecule has 1 aliphatic heterocycles. The van der Waals surface area contributed by atoms with Crippen molar-refractivity contribution in [1.29, 1.82) is 0 Å². The predicted molar refractivity (Wildman–Crippen MR) is 36.6 cm³/mol. The Morgan fingerprint density at radius 2 is 1.91 bits per heavy atom. The van der Waals surface area contributed by atoms with Crippen LogP contribution in [0.2, 0.25) is 0 Å². The number of hydrogen-bond acceptors (Lipinski definition) is 2. The Hall–Kier alpha value is 0.0774. The molecule has 0 bridgehead atoms. The molecule has 1 rings (SSSR count). The van der Waals surface area contributed by atoms with E-state index in [0.717, 1.165) is 0 Å². The van der Waals surface area contributed by atoms with E-state index in [0.29, 0.717) is 0 Å². The monoisotopic (exact) mass is 146 g/mol. The van der Waals surface area contributed by atoms with E-state index >= 15 is 0 Å². The topological polar surface area (TPSA) is 18.5 Å². The third-order valence-corrected chi connectivity index (χ3v) is 1.45. The Balaban J connectivity index is 0.000001000. The Labute approximate surface area is 79.8 Å². The summed E-state index contributed by atoms with van der Waals surface area (Å²) in [6.45, 7) is 5.54. The Morgan fingerprint density at radius 1 is 1.36 bits per heavy atom. The van der Waals surface area contributed by atoms with Crippen LogP contribution in [0.25, 0.3) is 0 Å². The predicted octanol–water partition coefficient (Wildman–Crippen LogP) is -1.88. The first-order valence-electron chi connectivity index (χ1n) is 3.33. The summed E-state index contributed by atoms with van der Waals surface area (Å²) in [6.07, 6.45) is 6.51. The second-order valence-electron chi connectivity index (χ2n) is 2.91. The van der Waals surface area contributed by atoms with E-state index < -0.39 is 5.79 Å². The summed E-state index contributed by atoms with van der Waals surface area (Å²) in [5.74, 6) is 1.73. The molecule has 1 aliphatic rings. The molecule has 0 amide bonds. The zero-order valence-corrected chi connectivity index (χ0v) is 7.47. The smallest absolute Gasteiger partial charge is 0.691 e. The minimum Gasteiger partial charge on any atom is -0.691 e. The molecule has 56 valence electrons. The molecule has 0 aromatic heterocycles. The first-order chi connectivity index (χ1) is 4.55. The average molecular weight is 146 g/mol. The fourth-order valence-corrected chi connectivity index (χ4v) is 1.09. The zero-order chi connectivity index (χ0) is 7.78. The van der Waals surface area contributed by atoms with E-state index in [1.54, 1.807) is 0 Å². The van der Waals surface area contributed by atoms with Crippen LogP contribution in [-0.4, -0.2) is 18.0 Å². The average Bonchev–Trinajstić information content (AvgIpc) is 2.05. The molecule has 1 fully saturated rings. The van der Waals surface area contributed by atoms with Crippen molar-refractivity contribution in [2.75, 3.05) is 0 Å². The number of hydrogen-bond donors (Lipinski definition) is 0. The van der Waals surface area contributed by atoms with Gasteiger partial charge in [0, 0.05) is 0 Å². The number of rotatable bonds is 0. The molecule has 0 aromatic rings. The van der Waals surface area contributed by atoms with Crippen LogP contribution in [0.3, 0.4) is 0 Å². The van der Waals surface area contributed by atoms with Gasteiger partial charge in [-0.2, -0.15) is 0 Å². The zero-order valence-electron chi connectivity index (χ0n) is 7.47. The standard InChI is InChI=1S/C8H11O2.Li/c1-5-7-6(2)9-8(3,4)10-7;/h6-7H,2-4H3;/q-1;+1/t6-,7-;/m0./s1. The molecule has 2 nitrogen and oxygen atoms in total. The van der Waals surface area contributed by atoms with Crippen LogP contribution in [0.4, 0.5) is 0 Å². The molecule has 3 heteroatoms. The second-order valence-corrected chi connectivity index (χ2v) is 2.91. The van der Waals surface area contributed by atoms with E-state index in [9.17, 15) is 0 Å². The largest absolute Gasteiger partial charge is 1.00 e. The summed E-state index contributed by atoms with van der Waals surface area (Å²) in [5.41, 5.74) is 0. The van der Waals surface area contributed by atoms with Gasteiger partial charge >= 0.3 is 18.9 Å². The molecule has 0 saturated carbocycles. The maximum absolute atomic E-state index is 6.85. The number of ether oxygens (including phenoxy) is 2. The van der Waals surface area contributed by atoms with Crippen LogP contribution in [0.1, 0.15) is 20.8 Å². The molecule has 2 atom stereocenters. The molecule has 0 aromatic carbocycles. The van der Waals surface area contributed by atoms with Gasteiger partial charge in [-0.05, 0) is 20.8 Å². The van der Waals surface area contributed by atoms with Gasteiger partial charge in [0.2, 0.25) is 0 Å². The van der Waals surface area contributed by atoms with Crippen molar-refractivity contribution in [2.24, 2.45) is 0 Å². The van der Waals surface area contributed by atoms with E-state index in [1.165, 1.54) is 0 Å². The molecule has 0 aliphatic carbocycles. The molecule has 0 unspecified atom stereocenters. The van der Waals surface area contributed by atoms with Crippen molar-refractivity contribution in [3.05, 3.63) is 6.42 Å². The quantitative estimate of drug-likeness (QED) is 0.226. The van der Waals surface area contributed by atoms with Crippen molar-refractivity contribution in [3.8, 4) is 5.92 Å². The molecule has 11 heavy (non-hydrogen) atoms. The van der Waals surface area contributed by atoms with Crippen LogP contribution >= 0.6 is 0 Å². The van der Waals surface area contributed by atoms with Gasteiger partial charge in [-0.25, -0.2) is 0 Å². The second kappa shape index (κ2) is 3.65. The summed E-state index contributed by atoms with van der Waals surface area (Å²) in [6, 6.07) is 0. The summed E-state index contributed by atoms with van der Waals surface area (Å²) < 4.78 is 10.6. The van der Waals surface area contributed by atoms with Gasteiger partial charge in [-0.1, -0.05) is 0 Å². The van der Waals surface area contributed by atoms with Gasteiger partial charge < -0.3 is 21.8 Å². The normalized spacial score (nSPS) is 34.0. The van der Waals surface area contributed by atoms with Gasteiger partial charge in [0.15, 0.2) is 5.79 Å². The summed E-state index contributed by atoms with van der Waals surface area (Å²) in [7, 11) is 0. The van der Waals surface area contributed by atoms with Gasteiger partial charge in [0.1, 0.15) is 6.10 Å². The van der Waals surface area contributed by atoms with Crippen LogP contribution in [0, 0.1) is 12.3 Å². The first-order valence-corrected chi connectivity index (χ1v) is 3.33. The van der Waals surface area contributed by atoms with Crippen LogP contribution in [0.15, 0.2) is 0 Å². The Bertz CT molecular complexity index is 171. The van der Waals surface area contributed by atoms with Crippen LogP contribution in [-0.2, 0) is 9.47 Å². The van der Waals surface area contributed by atoms with Gasteiger partial charge in [0.05, 0.1) is 6.10 Å². The molecule has 0 spiro atoms. The van der Waals surface area contributed by atoms with Crippen molar-refractivity contribution >= 4 is 0 Å². The van der Waals surface area contributed by atoms with E-state index in [1.807, 2.05) is 20.8 Å². The van der Waals surface area contributed by atoms with E-state index in [4.69, 9.17) is 15.9 Å². The maximum atomic E-state index is 6.85. The molecule has 0 N–H and O–H groups in total. The van der Waals surface area contributed by atoms with Gasteiger partial charge in [-0.15, -0.1) is 0 Å². The SMILES string of the molecule is [C-]#C[C@@H]1OC(C)(C)O[C@H]1C.[Li+]. The molecule has 1 saturated heterocycles. The maximum Gasteiger partial charge on any atom is 1.00 e. The third-order valence-electron chi connectivity index (χ3n) is 1.45. The van der Waals surface area contributed by atoms with Gasteiger partial charge in [-0.3, -0.25) is 0 Å². The van der Waals surface area contributed by atoms with Crippen molar-refractivity contribution in [3.63, 3.8) is 0 Å². The van der Waals surface area contributed by atoms with E-state index in [-0.39, 0.29) is 31.1 Å². The first kappa shape index (κ1) is 11.1. The summed E-state index contributed by atoms with van der Waals surface area (Å²) >= 11 is 0. The summed E-state index contributed by atoms with van der Waals surface area (Å²) in [5, 5.41) is 0. The van der Waals surface area contributed by atoms with Crippen LogP contribution < -0.4 is 18.9 Å². The van der Waals surface area contributed by atoms with Crippen molar-refractivity contribution < 1.29 is 28.3 Å². The fraction of sp³-hybridized carbons (Fsp3) is 0.750. The molecular weight excluding hydrogens is 135 g/mol. The van der Waals surface area contributed by atoms with Gasteiger partial charge in [0.25, 0.3) is 0 Å². The summed E-state index contributed by atoms with van der Waals surface area (Å²) in [4.78, 5) is 0. The van der Waals surface area contributed by atoms with Crippen molar-refractivity contribution in [1.82, 2.24) is 0 Å². The fourth-order valence-electron chi connectivity index (χ4n) is 1.09.